The van der Waals surface area contributed by atoms with Crippen molar-refractivity contribution in [3.63, 3.8) is 0 Å². The predicted octanol–water partition coefficient (Wildman–Crippen LogP) is 3.23. The number of rotatable bonds is 4. The van der Waals surface area contributed by atoms with Gasteiger partial charge in [-0.3, -0.25) is 4.79 Å². The number of aryl methyl sites for hydroxylation is 1. The van der Waals surface area contributed by atoms with Crippen molar-refractivity contribution < 1.29 is 14.3 Å². The maximum absolute atomic E-state index is 12.7. The number of benzene rings is 1. The summed E-state index contributed by atoms with van der Waals surface area (Å²) in [6.45, 7) is 7.30. The van der Waals surface area contributed by atoms with Crippen LogP contribution in [0.4, 0.5) is 0 Å². The molecule has 0 aliphatic carbocycles. The van der Waals surface area contributed by atoms with Crippen LogP contribution >= 0.6 is 0 Å². The van der Waals surface area contributed by atoms with Gasteiger partial charge in [-0.25, -0.2) is 0 Å². The van der Waals surface area contributed by atoms with E-state index in [2.05, 4.69) is 6.92 Å². The molecule has 1 amide bonds. The zero-order valence-corrected chi connectivity index (χ0v) is 13.3. The van der Waals surface area contributed by atoms with Gasteiger partial charge in [0.25, 0.3) is 5.91 Å². The third-order valence-electron chi connectivity index (χ3n) is 4.20. The minimum absolute atomic E-state index is 0.142. The van der Waals surface area contributed by atoms with Gasteiger partial charge in [0.2, 0.25) is 0 Å². The first-order valence-corrected chi connectivity index (χ1v) is 7.25. The Balaban J connectivity index is 2.39. The first-order chi connectivity index (χ1) is 9.75. The summed E-state index contributed by atoms with van der Waals surface area (Å²) >= 11 is 0. The van der Waals surface area contributed by atoms with E-state index in [0.717, 1.165) is 17.4 Å². The number of carbonyl (C=O) groups excluding carboxylic acids is 1. The molecule has 1 heterocycles. The first-order valence-electron chi connectivity index (χ1n) is 7.25. The van der Waals surface area contributed by atoms with Crippen molar-refractivity contribution in [2.24, 2.45) is 0 Å². The molecular formula is C17H23NO3. The van der Waals surface area contributed by atoms with E-state index < -0.39 is 5.60 Å². The Bertz CT molecular complexity index is 652. The molecule has 0 saturated carbocycles. The van der Waals surface area contributed by atoms with Crippen LogP contribution in [0.1, 0.15) is 43.6 Å². The molecule has 1 aromatic carbocycles. The van der Waals surface area contributed by atoms with E-state index in [1.807, 2.05) is 25.1 Å². The molecule has 2 aromatic rings. The average molecular weight is 289 g/mol. The van der Waals surface area contributed by atoms with Crippen LogP contribution in [0.2, 0.25) is 0 Å². The van der Waals surface area contributed by atoms with Gasteiger partial charge in [0.15, 0.2) is 0 Å². The van der Waals surface area contributed by atoms with Crippen molar-refractivity contribution in [3.05, 3.63) is 35.6 Å². The number of furan rings is 1. The number of amides is 1. The van der Waals surface area contributed by atoms with Gasteiger partial charge in [0, 0.05) is 12.4 Å². The van der Waals surface area contributed by atoms with Crippen LogP contribution in [0, 0.1) is 0 Å². The second-order valence-corrected chi connectivity index (χ2v) is 6.08. The summed E-state index contributed by atoms with van der Waals surface area (Å²) in [7, 11) is 1.70. The molecule has 2 rings (SSSR count). The molecule has 0 unspecified atom stereocenters. The Kier molecular flexibility index (Phi) is 4.10. The molecule has 21 heavy (non-hydrogen) atoms. The van der Waals surface area contributed by atoms with E-state index in [9.17, 15) is 9.90 Å². The first kappa shape index (κ1) is 15.6. The van der Waals surface area contributed by atoms with E-state index in [1.165, 1.54) is 6.26 Å². The number of fused-ring (bicyclic) bond motifs is 1. The molecule has 1 aromatic heterocycles. The highest BCUT2D eigenvalue weighted by molar-refractivity contribution is 6.06. The Labute approximate surface area is 125 Å². The van der Waals surface area contributed by atoms with Crippen LogP contribution in [0.25, 0.3) is 11.0 Å². The van der Waals surface area contributed by atoms with Crippen molar-refractivity contribution in [1.29, 1.82) is 0 Å². The van der Waals surface area contributed by atoms with Gasteiger partial charge in [-0.2, -0.15) is 0 Å². The van der Waals surface area contributed by atoms with E-state index in [0.29, 0.717) is 11.1 Å². The van der Waals surface area contributed by atoms with Gasteiger partial charge < -0.3 is 14.4 Å². The lowest BCUT2D eigenvalue weighted by Gasteiger charge is -2.33. The topological polar surface area (TPSA) is 53.7 Å². The van der Waals surface area contributed by atoms with Crippen LogP contribution in [0.3, 0.4) is 0 Å². The lowest BCUT2D eigenvalue weighted by molar-refractivity contribution is 0.000589. The Morgan fingerprint density at radius 3 is 2.67 bits per heavy atom. The summed E-state index contributed by atoms with van der Waals surface area (Å²) in [4.78, 5) is 14.2. The number of nitrogens with zero attached hydrogens (tertiary/aromatic N) is 1. The maximum atomic E-state index is 12.7. The van der Waals surface area contributed by atoms with Crippen molar-refractivity contribution in [2.75, 3.05) is 7.05 Å². The molecule has 1 N–H and O–H groups in total. The molecule has 0 aliphatic rings. The minimum Gasteiger partial charge on any atom is -0.463 e. The molecule has 4 heteroatoms. The Morgan fingerprint density at radius 2 is 2.10 bits per heavy atom. The van der Waals surface area contributed by atoms with Crippen molar-refractivity contribution in [1.82, 2.24) is 4.90 Å². The normalized spacial score (nSPS) is 13.4. The van der Waals surface area contributed by atoms with E-state index in [1.54, 1.807) is 25.8 Å². The molecule has 1 atom stereocenters. The van der Waals surface area contributed by atoms with Crippen molar-refractivity contribution in [3.8, 4) is 0 Å². The standard InChI is InChI=1S/C17H23NO3/c1-6-12-7-8-15-13(9-12)14(10-21-15)16(19)18(5)11(2)17(3,4)20/h7-11,20H,6H2,1-5H3/t11-/m0/s1. The molecule has 0 radical (unpaired) electrons. The molecule has 114 valence electrons. The average Bonchev–Trinajstić information content (AvgIpc) is 2.86. The summed E-state index contributed by atoms with van der Waals surface area (Å²) in [5.41, 5.74) is 1.45. The second-order valence-electron chi connectivity index (χ2n) is 6.08. The number of likely N-dealkylation sites (N-methyl/N-ethyl adjacent to an activating group) is 1. The summed E-state index contributed by atoms with van der Waals surface area (Å²) in [6.07, 6.45) is 2.41. The Hall–Kier alpha value is -1.81. The van der Waals surface area contributed by atoms with Gasteiger partial charge in [0.1, 0.15) is 11.8 Å². The zero-order valence-electron chi connectivity index (χ0n) is 13.3. The SMILES string of the molecule is CCc1ccc2occ(C(=O)N(C)[C@@H](C)C(C)(C)O)c2c1. The third-order valence-corrected chi connectivity index (χ3v) is 4.20. The van der Waals surface area contributed by atoms with Gasteiger partial charge in [-0.15, -0.1) is 0 Å². The van der Waals surface area contributed by atoms with Gasteiger partial charge in [-0.05, 0) is 44.9 Å². The molecular weight excluding hydrogens is 266 g/mol. The van der Waals surface area contributed by atoms with E-state index in [4.69, 9.17) is 4.42 Å². The largest absolute Gasteiger partial charge is 0.463 e. The molecule has 0 bridgehead atoms. The zero-order chi connectivity index (χ0) is 15.8. The summed E-state index contributed by atoms with van der Waals surface area (Å²) in [6, 6.07) is 5.59. The van der Waals surface area contributed by atoms with Crippen LogP contribution in [0.5, 0.6) is 0 Å². The van der Waals surface area contributed by atoms with Crippen LogP contribution in [-0.4, -0.2) is 34.6 Å². The number of hydrogen-bond acceptors (Lipinski definition) is 3. The fourth-order valence-electron chi connectivity index (χ4n) is 2.30. The second kappa shape index (κ2) is 5.53. The molecule has 0 aliphatic heterocycles. The van der Waals surface area contributed by atoms with E-state index >= 15 is 0 Å². The number of carbonyl (C=O) groups is 1. The van der Waals surface area contributed by atoms with Crippen LogP contribution < -0.4 is 0 Å². The van der Waals surface area contributed by atoms with Crippen LogP contribution in [0.15, 0.2) is 28.9 Å². The molecule has 0 spiro atoms. The number of aliphatic hydroxyl groups is 1. The lowest BCUT2D eigenvalue weighted by atomic mass is 9.98. The fraction of sp³-hybridized carbons (Fsp3) is 0.471. The monoisotopic (exact) mass is 289 g/mol. The van der Waals surface area contributed by atoms with Crippen LogP contribution in [-0.2, 0) is 6.42 Å². The number of hydrogen-bond donors (Lipinski definition) is 1. The van der Waals surface area contributed by atoms with Gasteiger partial charge >= 0.3 is 0 Å². The highest BCUT2D eigenvalue weighted by Gasteiger charge is 2.30. The van der Waals surface area contributed by atoms with Crippen molar-refractivity contribution >= 4 is 16.9 Å². The predicted molar refractivity (Wildman–Crippen MR) is 83.4 cm³/mol. The fourth-order valence-corrected chi connectivity index (χ4v) is 2.30. The molecule has 0 saturated heterocycles. The molecule has 0 fully saturated rings. The molecule has 4 nitrogen and oxygen atoms in total. The summed E-state index contributed by atoms with van der Waals surface area (Å²) in [5.74, 6) is -0.142. The third kappa shape index (κ3) is 2.95. The maximum Gasteiger partial charge on any atom is 0.257 e. The summed E-state index contributed by atoms with van der Waals surface area (Å²) < 4.78 is 5.48. The highest BCUT2D eigenvalue weighted by Crippen LogP contribution is 2.25. The lowest BCUT2D eigenvalue weighted by Crippen LogP contribution is -2.48. The highest BCUT2D eigenvalue weighted by atomic mass is 16.3. The van der Waals surface area contributed by atoms with Gasteiger partial charge in [-0.1, -0.05) is 13.0 Å². The smallest absolute Gasteiger partial charge is 0.257 e. The van der Waals surface area contributed by atoms with E-state index in [-0.39, 0.29) is 11.9 Å². The quantitative estimate of drug-likeness (QED) is 0.940. The minimum atomic E-state index is -0.960. The summed E-state index contributed by atoms with van der Waals surface area (Å²) in [5, 5.41) is 10.9. The Morgan fingerprint density at radius 1 is 1.43 bits per heavy atom. The van der Waals surface area contributed by atoms with Crippen molar-refractivity contribution in [2.45, 2.75) is 45.8 Å². The van der Waals surface area contributed by atoms with Gasteiger partial charge in [0.05, 0.1) is 17.2 Å².